The second kappa shape index (κ2) is 6.01. The van der Waals surface area contributed by atoms with Gasteiger partial charge in [-0.1, -0.05) is 36.4 Å². The van der Waals surface area contributed by atoms with Crippen molar-refractivity contribution in [2.45, 2.75) is 12.5 Å². The van der Waals surface area contributed by atoms with E-state index in [1.807, 2.05) is 36.4 Å². The molecule has 0 aliphatic heterocycles. The Morgan fingerprint density at radius 1 is 1.06 bits per heavy atom. The molecule has 0 fully saturated rings. The number of hydrogen-bond donors (Lipinski definition) is 2. The van der Waals surface area contributed by atoms with E-state index >= 15 is 0 Å². The van der Waals surface area contributed by atoms with Crippen LogP contribution < -0.4 is 5.32 Å². The minimum Gasteiger partial charge on any atom is -0.396 e. The maximum absolute atomic E-state index is 9.12. The second-order valence-corrected chi connectivity index (χ2v) is 3.83. The molecule has 2 aromatic rings. The molecular weight excluding hydrogens is 212 g/mol. The quantitative estimate of drug-likeness (QED) is 0.826. The lowest BCUT2D eigenvalue weighted by atomic mass is 10.0. The van der Waals surface area contributed by atoms with Gasteiger partial charge in [-0.2, -0.15) is 0 Å². The van der Waals surface area contributed by atoms with Gasteiger partial charge in [0, 0.05) is 12.8 Å². The number of aliphatic hydroxyl groups is 1. The summed E-state index contributed by atoms with van der Waals surface area (Å²) in [6.45, 7) is 0.152. The molecule has 88 valence electrons. The molecule has 1 aromatic carbocycles. The molecule has 17 heavy (non-hydrogen) atoms. The van der Waals surface area contributed by atoms with Gasteiger partial charge in [0.05, 0.1) is 6.04 Å². The Morgan fingerprint density at radius 3 is 2.47 bits per heavy atom. The van der Waals surface area contributed by atoms with Gasteiger partial charge in [-0.05, 0) is 24.1 Å². The van der Waals surface area contributed by atoms with Crippen LogP contribution in [0.15, 0.2) is 54.7 Å². The van der Waals surface area contributed by atoms with Crippen molar-refractivity contribution in [3.8, 4) is 0 Å². The molecule has 0 unspecified atom stereocenters. The van der Waals surface area contributed by atoms with E-state index in [1.54, 1.807) is 6.20 Å². The maximum atomic E-state index is 9.12. The zero-order valence-corrected chi connectivity index (χ0v) is 9.58. The van der Waals surface area contributed by atoms with Crippen LogP contribution in [0, 0.1) is 0 Å². The van der Waals surface area contributed by atoms with Crippen molar-refractivity contribution in [3.63, 3.8) is 0 Å². The molecule has 0 spiro atoms. The molecule has 3 heteroatoms. The van der Waals surface area contributed by atoms with Gasteiger partial charge in [-0.25, -0.2) is 4.98 Å². The molecule has 0 bridgehead atoms. The third kappa shape index (κ3) is 3.29. The molecule has 1 heterocycles. The van der Waals surface area contributed by atoms with E-state index in [2.05, 4.69) is 22.4 Å². The maximum Gasteiger partial charge on any atom is 0.126 e. The van der Waals surface area contributed by atoms with Crippen LogP contribution >= 0.6 is 0 Å². The highest BCUT2D eigenvalue weighted by atomic mass is 16.3. The molecule has 2 rings (SSSR count). The predicted molar refractivity (Wildman–Crippen MR) is 68.7 cm³/mol. The SMILES string of the molecule is OCC[C@@H](Nc1ccccn1)c1ccccc1. The van der Waals surface area contributed by atoms with Gasteiger partial charge in [-0.15, -0.1) is 0 Å². The number of hydrogen-bond acceptors (Lipinski definition) is 3. The molecule has 1 aromatic heterocycles. The lowest BCUT2D eigenvalue weighted by Crippen LogP contribution is -2.13. The molecular formula is C14H16N2O. The fourth-order valence-electron chi connectivity index (χ4n) is 1.76. The molecule has 0 radical (unpaired) electrons. The minimum atomic E-state index is 0.0936. The van der Waals surface area contributed by atoms with Crippen molar-refractivity contribution < 1.29 is 5.11 Å². The smallest absolute Gasteiger partial charge is 0.126 e. The molecule has 0 saturated carbocycles. The summed E-state index contributed by atoms with van der Waals surface area (Å²) in [7, 11) is 0. The second-order valence-electron chi connectivity index (χ2n) is 3.83. The summed E-state index contributed by atoms with van der Waals surface area (Å²) in [6.07, 6.45) is 2.42. The minimum absolute atomic E-state index is 0.0936. The lowest BCUT2D eigenvalue weighted by Gasteiger charge is -2.18. The number of nitrogens with zero attached hydrogens (tertiary/aromatic N) is 1. The van der Waals surface area contributed by atoms with Crippen LogP contribution in [0.4, 0.5) is 5.82 Å². The highest BCUT2D eigenvalue weighted by molar-refractivity contribution is 5.37. The summed E-state index contributed by atoms with van der Waals surface area (Å²) < 4.78 is 0. The van der Waals surface area contributed by atoms with Gasteiger partial charge >= 0.3 is 0 Å². The van der Waals surface area contributed by atoms with E-state index in [0.29, 0.717) is 6.42 Å². The van der Waals surface area contributed by atoms with E-state index in [0.717, 1.165) is 11.4 Å². The molecule has 0 saturated heterocycles. The first-order chi connectivity index (χ1) is 8.40. The summed E-state index contributed by atoms with van der Waals surface area (Å²) >= 11 is 0. The molecule has 0 aliphatic rings. The van der Waals surface area contributed by atoms with Crippen molar-refractivity contribution in [1.82, 2.24) is 4.98 Å². The summed E-state index contributed by atoms with van der Waals surface area (Å²) in [5.74, 6) is 0.829. The summed E-state index contributed by atoms with van der Waals surface area (Å²) in [5.41, 5.74) is 1.16. The largest absolute Gasteiger partial charge is 0.396 e. The van der Waals surface area contributed by atoms with Gasteiger partial charge in [0.25, 0.3) is 0 Å². The Bertz CT molecular complexity index is 430. The standard InChI is InChI=1S/C14H16N2O/c17-11-9-13(12-6-2-1-3-7-12)16-14-8-4-5-10-15-14/h1-8,10,13,17H,9,11H2,(H,15,16)/t13-/m1/s1. The number of aliphatic hydroxyl groups excluding tert-OH is 1. The number of benzene rings is 1. The highest BCUT2D eigenvalue weighted by Crippen LogP contribution is 2.20. The van der Waals surface area contributed by atoms with Crippen molar-refractivity contribution in [1.29, 1.82) is 0 Å². The van der Waals surface area contributed by atoms with Crippen LogP contribution in [0.5, 0.6) is 0 Å². The molecule has 0 aliphatic carbocycles. The first kappa shape index (κ1) is 11.6. The van der Waals surface area contributed by atoms with Crippen molar-refractivity contribution in [2.24, 2.45) is 0 Å². The highest BCUT2D eigenvalue weighted by Gasteiger charge is 2.10. The van der Waals surface area contributed by atoms with Gasteiger partial charge in [-0.3, -0.25) is 0 Å². The first-order valence-electron chi connectivity index (χ1n) is 5.73. The van der Waals surface area contributed by atoms with Crippen LogP contribution in [0.25, 0.3) is 0 Å². The van der Waals surface area contributed by atoms with Gasteiger partial charge in [0.2, 0.25) is 0 Å². The van der Waals surface area contributed by atoms with Crippen LogP contribution in [-0.2, 0) is 0 Å². The fourth-order valence-corrected chi connectivity index (χ4v) is 1.76. The Morgan fingerprint density at radius 2 is 1.82 bits per heavy atom. The monoisotopic (exact) mass is 228 g/mol. The Balaban J connectivity index is 2.13. The number of nitrogens with one attached hydrogen (secondary N) is 1. The Kier molecular flexibility index (Phi) is 4.11. The van der Waals surface area contributed by atoms with E-state index in [9.17, 15) is 0 Å². The third-order valence-corrected chi connectivity index (χ3v) is 2.61. The van der Waals surface area contributed by atoms with E-state index < -0.39 is 0 Å². The van der Waals surface area contributed by atoms with E-state index in [-0.39, 0.29) is 12.6 Å². The Hall–Kier alpha value is -1.87. The Labute approximate surface area is 101 Å². The number of rotatable bonds is 5. The molecule has 3 nitrogen and oxygen atoms in total. The lowest BCUT2D eigenvalue weighted by molar-refractivity contribution is 0.280. The van der Waals surface area contributed by atoms with Crippen molar-refractivity contribution >= 4 is 5.82 Å². The number of anilines is 1. The van der Waals surface area contributed by atoms with Gasteiger partial charge < -0.3 is 10.4 Å². The number of pyridine rings is 1. The van der Waals surface area contributed by atoms with E-state index in [4.69, 9.17) is 5.11 Å². The van der Waals surface area contributed by atoms with Gasteiger partial charge in [0.1, 0.15) is 5.82 Å². The summed E-state index contributed by atoms with van der Waals surface area (Å²) in [4.78, 5) is 4.23. The molecule has 1 atom stereocenters. The topological polar surface area (TPSA) is 45.1 Å². The first-order valence-corrected chi connectivity index (χ1v) is 5.73. The van der Waals surface area contributed by atoms with Crippen molar-refractivity contribution in [3.05, 3.63) is 60.3 Å². The third-order valence-electron chi connectivity index (χ3n) is 2.61. The van der Waals surface area contributed by atoms with Crippen LogP contribution in [-0.4, -0.2) is 16.7 Å². The average molecular weight is 228 g/mol. The van der Waals surface area contributed by atoms with Crippen LogP contribution in [0.3, 0.4) is 0 Å². The van der Waals surface area contributed by atoms with Gasteiger partial charge in [0.15, 0.2) is 0 Å². The van der Waals surface area contributed by atoms with E-state index in [1.165, 1.54) is 0 Å². The zero-order chi connectivity index (χ0) is 11.9. The van der Waals surface area contributed by atoms with Crippen LogP contribution in [0.2, 0.25) is 0 Å². The molecule has 0 amide bonds. The zero-order valence-electron chi connectivity index (χ0n) is 9.58. The normalized spacial score (nSPS) is 12.1. The van der Waals surface area contributed by atoms with Crippen LogP contribution in [0.1, 0.15) is 18.0 Å². The van der Waals surface area contributed by atoms with Crippen molar-refractivity contribution in [2.75, 3.05) is 11.9 Å². The summed E-state index contributed by atoms with van der Waals surface area (Å²) in [5, 5.41) is 12.4. The predicted octanol–water partition coefficient (Wildman–Crippen LogP) is 2.62. The molecule has 2 N–H and O–H groups in total. The number of aromatic nitrogens is 1. The fraction of sp³-hybridized carbons (Fsp3) is 0.214. The average Bonchev–Trinajstić information content (AvgIpc) is 2.40. The summed E-state index contributed by atoms with van der Waals surface area (Å²) in [6, 6.07) is 15.9.